The molecule has 0 bridgehead atoms. The van der Waals surface area contributed by atoms with Gasteiger partial charge in [-0.3, -0.25) is 4.79 Å². The lowest BCUT2D eigenvalue weighted by Gasteiger charge is -2.11. The lowest BCUT2D eigenvalue weighted by atomic mass is 10.0. The molecule has 0 atom stereocenters. The van der Waals surface area contributed by atoms with Crippen molar-refractivity contribution in [1.29, 1.82) is 0 Å². The van der Waals surface area contributed by atoms with Crippen LogP contribution in [0.2, 0.25) is 0 Å². The van der Waals surface area contributed by atoms with Crippen molar-refractivity contribution in [2.24, 2.45) is 0 Å². The monoisotopic (exact) mass is 406 g/mol. The van der Waals surface area contributed by atoms with Crippen molar-refractivity contribution < 1.29 is 4.79 Å². The molecule has 2 aromatic carbocycles. The molecule has 0 saturated heterocycles. The zero-order valence-electron chi connectivity index (χ0n) is 16.8. The first-order valence-corrected chi connectivity index (χ1v) is 11.1. The smallest absolute Gasteiger partial charge is 0.234 e. The van der Waals surface area contributed by atoms with Gasteiger partial charge in [0.05, 0.1) is 12.3 Å². The fourth-order valence-corrected chi connectivity index (χ4v) is 4.01. The van der Waals surface area contributed by atoms with E-state index in [1.54, 1.807) is 0 Å². The molecule has 29 heavy (non-hydrogen) atoms. The minimum Gasteiger partial charge on any atom is -0.325 e. The van der Waals surface area contributed by atoms with E-state index in [-0.39, 0.29) is 5.91 Å². The summed E-state index contributed by atoms with van der Waals surface area (Å²) < 4.78 is 2.17. The molecule has 1 aliphatic rings. The highest BCUT2D eigenvalue weighted by Crippen LogP contribution is 2.40. The van der Waals surface area contributed by atoms with Gasteiger partial charge < -0.3 is 9.88 Å². The number of benzene rings is 2. The number of carbonyl (C=O) groups is 1. The van der Waals surface area contributed by atoms with Crippen LogP contribution in [0.3, 0.4) is 0 Å². The van der Waals surface area contributed by atoms with E-state index >= 15 is 0 Å². The molecule has 3 aromatic rings. The highest BCUT2D eigenvalue weighted by Gasteiger charge is 2.30. The Balaban J connectivity index is 1.43. The fourth-order valence-electron chi connectivity index (χ4n) is 3.27. The van der Waals surface area contributed by atoms with Gasteiger partial charge in [0.2, 0.25) is 5.91 Å². The Hall–Kier alpha value is -2.60. The van der Waals surface area contributed by atoms with E-state index in [0.717, 1.165) is 23.2 Å². The van der Waals surface area contributed by atoms with Crippen molar-refractivity contribution in [3.8, 4) is 0 Å². The second-order valence-corrected chi connectivity index (χ2v) is 8.75. The second kappa shape index (κ2) is 8.82. The molecule has 1 aliphatic carbocycles. The van der Waals surface area contributed by atoms with Crippen molar-refractivity contribution in [3.05, 3.63) is 71.5 Å². The van der Waals surface area contributed by atoms with Gasteiger partial charge >= 0.3 is 0 Å². The van der Waals surface area contributed by atoms with Crippen LogP contribution in [-0.4, -0.2) is 26.4 Å². The predicted molar refractivity (Wildman–Crippen MR) is 117 cm³/mol. The molecular formula is C23H26N4OS. The van der Waals surface area contributed by atoms with Gasteiger partial charge in [0, 0.05) is 11.6 Å². The van der Waals surface area contributed by atoms with Gasteiger partial charge in [-0.25, -0.2) is 0 Å². The minimum atomic E-state index is -0.0295. The number of thioether (sulfide) groups is 1. The zero-order valence-corrected chi connectivity index (χ0v) is 17.7. The number of anilines is 1. The third-order valence-electron chi connectivity index (χ3n) is 5.04. The topological polar surface area (TPSA) is 59.8 Å². The molecule has 4 rings (SSSR count). The van der Waals surface area contributed by atoms with Crippen LogP contribution >= 0.6 is 11.8 Å². The lowest BCUT2D eigenvalue weighted by molar-refractivity contribution is -0.113. The Kier molecular flexibility index (Phi) is 6.00. The molecule has 1 aromatic heterocycles. The first-order chi connectivity index (χ1) is 14.1. The van der Waals surface area contributed by atoms with E-state index in [1.807, 2.05) is 36.4 Å². The Morgan fingerprint density at radius 2 is 1.93 bits per heavy atom. The van der Waals surface area contributed by atoms with Gasteiger partial charge in [-0.2, -0.15) is 0 Å². The van der Waals surface area contributed by atoms with Crippen LogP contribution < -0.4 is 5.32 Å². The molecule has 0 aliphatic heterocycles. The highest BCUT2D eigenvalue weighted by atomic mass is 32.2. The normalized spacial score (nSPS) is 13.6. The SMILES string of the molecule is CC(C)c1cccc(NC(=O)CSc2nnc(C3CC3)n2Cc2ccccc2)c1. The first kappa shape index (κ1) is 19.7. The van der Waals surface area contributed by atoms with Crippen LogP contribution in [0.4, 0.5) is 5.69 Å². The van der Waals surface area contributed by atoms with Crippen LogP contribution in [-0.2, 0) is 11.3 Å². The molecule has 6 heteroatoms. The first-order valence-electron chi connectivity index (χ1n) is 10.1. The van der Waals surface area contributed by atoms with E-state index in [0.29, 0.717) is 17.6 Å². The maximum absolute atomic E-state index is 12.5. The van der Waals surface area contributed by atoms with Crippen molar-refractivity contribution in [3.63, 3.8) is 0 Å². The number of nitrogens with one attached hydrogen (secondary N) is 1. The summed E-state index contributed by atoms with van der Waals surface area (Å²) in [4.78, 5) is 12.5. The molecule has 150 valence electrons. The molecule has 1 heterocycles. The molecule has 1 amide bonds. The van der Waals surface area contributed by atoms with Gasteiger partial charge in [0.15, 0.2) is 5.16 Å². The van der Waals surface area contributed by atoms with Gasteiger partial charge in [-0.05, 0) is 42.0 Å². The molecule has 1 fully saturated rings. The molecule has 5 nitrogen and oxygen atoms in total. The van der Waals surface area contributed by atoms with Gasteiger partial charge in [0.1, 0.15) is 5.82 Å². The molecular weight excluding hydrogens is 380 g/mol. The Morgan fingerprint density at radius 1 is 1.14 bits per heavy atom. The standard InChI is InChI=1S/C23H26N4OS/c1-16(2)19-9-6-10-20(13-19)24-21(28)15-29-23-26-25-22(18-11-12-18)27(23)14-17-7-4-3-5-8-17/h3-10,13,16,18H,11-12,14-15H2,1-2H3,(H,24,28). The minimum absolute atomic E-state index is 0.0295. The third-order valence-corrected chi connectivity index (χ3v) is 6.01. The second-order valence-electron chi connectivity index (χ2n) is 7.80. The van der Waals surface area contributed by atoms with Crippen molar-refractivity contribution in [1.82, 2.24) is 14.8 Å². The number of nitrogens with zero attached hydrogens (tertiary/aromatic N) is 3. The number of aromatic nitrogens is 3. The number of amides is 1. The maximum Gasteiger partial charge on any atom is 0.234 e. The van der Waals surface area contributed by atoms with E-state index in [1.165, 1.54) is 35.7 Å². The largest absolute Gasteiger partial charge is 0.325 e. The van der Waals surface area contributed by atoms with Crippen molar-refractivity contribution >= 4 is 23.4 Å². The molecule has 1 N–H and O–H groups in total. The van der Waals surface area contributed by atoms with E-state index in [2.05, 4.69) is 52.1 Å². The summed E-state index contributed by atoms with van der Waals surface area (Å²) in [5.74, 6) is 2.26. The fraction of sp³-hybridized carbons (Fsp3) is 0.348. The summed E-state index contributed by atoms with van der Waals surface area (Å²) >= 11 is 1.45. The van der Waals surface area contributed by atoms with Crippen LogP contribution in [0, 0.1) is 0 Å². The van der Waals surface area contributed by atoms with Gasteiger partial charge in [0.25, 0.3) is 0 Å². The van der Waals surface area contributed by atoms with Crippen molar-refractivity contribution in [2.45, 2.75) is 50.2 Å². The molecule has 0 unspecified atom stereocenters. The van der Waals surface area contributed by atoms with E-state index in [9.17, 15) is 4.79 Å². The summed E-state index contributed by atoms with van der Waals surface area (Å²) in [7, 11) is 0. The quantitative estimate of drug-likeness (QED) is 0.531. The number of hydrogen-bond donors (Lipinski definition) is 1. The molecule has 0 radical (unpaired) electrons. The zero-order chi connectivity index (χ0) is 20.2. The van der Waals surface area contributed by atoms with Gasteiger partial charge in [-0.15, -0.1) is 10.2 Å². The Morgan fingerprint density at radius 3 is 2.66 bits per heavy atom. The van der Waals surface area contributed by atoms with Gasteiger partial charge in [-0.1, -0.05) is 68.1 Å². The van der Waals surface area contributed by atoms with E-state index < -0.39 is 0 Å². The number of carbonyl (C=O) groups excluding carboxylic acids is 1. The Bertz CT molecular complexity index is 980. The summed E-state index contributed by atoms with van der Waals surface area (Å²) in [6.07, 6.45) is 2.34. The third kappa shape index (κ3) is 5.07. The highest BCUT2D eigenvalue weighted by molar-refractivity contribution is 7.99. The summed E-state index contributed by atoms with van der Waals surface area (Å²) in [5, 5.41) is 12.6. The molecule has 0 spiro atoms. The van der Waals surface area contributed by atoms with Crippen LogP contribution in [0.5, 0.6) is 0 Å². The molecule has 1 saturated carbocycles. The summed E-state index contributed by atoms with van der Waals surface area (Å²) in [6.45, 7) is 5.03. The average Bonchev–Trinajstić information content (AvgIpc) is 3.49. The van der Waals surface area contributed by atoms with Crippen molar-refractivity contribution in [2.75, 3.05) is 11.1 Å². The van der Waals surface area contributed by atoms with Crippen LogP contribution in [0.25, 0.3) is 0 Å². The lowest BCUT2D eigenvalue weighted by Crippen LogP contribution is -2.15. The summed E-state index contributed by atoms with van der Waals surface area (Å²) in [6, 6.07) is 18.4. The number of rotatable bonds is 8. The average molecular weight is 407 g/mol. The number of hydrogen-bond acceptors (Lipinski definition) is 4. The summed E-state index contributed by atoms with van der Waals surface area (Å²) in [5.41, 5.74) is 3.27. The van der Waals surface area contributed by atoms with E-state index in [4.69, 9.17) is 0 Å². The van der Waals surface area contributed by atoms with Crippen LogP contribution in [0.1, 0.15) is 55.5 Å². The predicted octanol–water partition coefficient (Wildman–Crippen LogP) is 5.06. The Labute approximate surface area is 175 Å². The maximum atomic E-state index is 12.5. The van der Waals surface area contributed by atoms with Crippen LogP contribution in [0.15, 0.2) is 59.8 Å².